The predicted molar refractivity (Wildman–Crippen MR) is 63.9 cm³/mol. The van der Waals surface area contributed by atoms with E-state index in [1.165, 1.54) is 18.2 Å². The fraction of sp³-hybridized carbons (Fsp3) is 0.273. The van der Waals surface area contributed by atoms with E-state index in [1.807, 2.05) is 0 Å². The van der Waals surface area contributed by atoms with Crippen molar-refractivity contribution in [3.63, 3.8) is 0 Å². The van der Waals surface area contributed by atoms with Gasteiger partial charge in [0.25, 0.3) is 0 Å². The van der Waals surface area contributed by atoms with Crippen LogP contribution in [0, 0.1) is 5.82 Å². The maximum atomic E-state index is 13.3. The molecule has 0 aromatic heterocycles. The van der Waals surface area contributed by atoms with Crippen molar-refractivity contribution in [3.05, 3.63) is 34.6 Å². The third-order valence-corrected chi connectivity index (χ3v) is 2.47. The molecular formula is C11H12ClFN2O3. The van der Waals surface area contributed by atoms with Crippen molar-refractivity contribution in [1.29, 1.82) is 0 Å². The van der Waals surface area contributed by atoms with Crippen molar-refractivity contribution in [2.75, 3.05) is 6.54 Å². The molecule has 7 heteroatoms. The normalized spacial score (nSPS) is 9.89. The first-order valence-electron chi connectivity index (χ1n) is 5.17. The smallest absolute Gasteiger partial charge is 0.315 e. The van der Waals surface area contributed by atoms with Crippen LogP contribution in [0.15, 0.2) is 18.2 Å². The number of carboxylic acid groups (broad SMARTS) is 1. The van der Waals surface area contributed by atoms with Gasteiger partial charge < -0.3 is 15.7 Å². The van der Waals surface area contributed by atoms with Crippen LogP contribution in [-0.2, 0) is 11.3 Å². The van der Waals surface area contributed by atoms with E-state index in [4.69, 9.17) is 16.7 Å². The van der Waals surface area contributed by atoms with Gasteiger partial charge in [-0.15, -0.1) is 0 Å². The lowest BCUT2D eigenvalue weighted by Gasteiger charge is -2.08. The second kappa shape index (κ2) is 6.80. The molecule has 0 unspecified atom stereocenters. The van der Waals surface area contributed by atoms with Crippen LogP contribution >= 0.6 is 11.6 Å². The first-order chi connectivity index (χ1) is 8.50. The van der Waals surface area contributed by atoms with Crippen LogP contribution in [0.4, 0.5) is 9.18 Å². The van der Waals surface area contributed by atoms with Gasteiger partial charge in [-0.1, -0.05) is 17.7 Å². The quantitative estimate of drug-likeness (QED) is 0.765. The Morgan fingerprint density at radius 3 is 2.67 bits per heavy atom. The number of hydrogen-bond acceptors (Lipinski definition) is 2. The van der Waals surface area contributed by atoms with Crippen LogP contribution in [0.3, 0.4) is 0 Å². The SMILES string of the molecule is O=C(O)CCNC(=O)NCc1c(F)cccc1Cl. The number of amides is 2. The van der Waals surface area contributed by atoms with E-state index in [1.54, 1.807) is 0 Å². The molecule has 98 valence electrons. The van der Waals surface area contributed by atoms with Crippen molar-refractivity contribution in [2.45, 2.75) is 13.0 Å². The van der Waals surface area contributed by atoms with Gasteiger partial charge in [-0.25, -0.2) is 9.18 Å². The third-order valence-electron chi connectivity index (χ3n) is 2.11. The minimum Gasteiger partial charge on any atom is -0.481 e. The average Bonchev–Trinajstić information content (AvgIpc) is 2.27. The summed E-state index contributed by atoms with van der Waals surface area (Å²) in [6.07, 6.45) is -0.173. The summed E-state index contributed by atoms with van der Waals surface area (Å²) in [5.41, 5.74) is 0.188. The Kier molecular flexibility index (Phi) is 5.38. The molecule has 0 aliphatic heterocycles. The highest BCUT2D eigenvalue weighted by molar-refractivity contribution is 6.31. The number of benzene rings is 1. The molecule has 1 aromatic rings. The Balaban J connectivity index is 2.40. The number of hydrogen-bond donors (Lipinski definition) is 3. The highest BCUT2D eigenvalue weighted by Gasteiger charge is 2.08. The number of carboxylic acids is 1. The summed E-state index contributed by atoms with van der Waals surface area (Å²) in [5, 5.41) is 13.3. The Morgan fingerprint density at radius 1 is 1.33 bits per heavy atom. The Morgan fingerprint density at radius 2 is 2.06 bits per heavy atom. The average molecular weight is 275 g/mol. The molecular weight excluding hydrogens is 263 g/mol. The standard InChI is InChI=1S/C11H12ClFN2O3/c12-8-2-1-3-9(13)7(8)6-15-11(18)14-5-4-10(16)17/h1-3H,4-6H2,(H,16,17)(H2,14,15,18). The van der Waals surface area contributed by atoms with Gasteiger partial charge in [0.05, 0.1) is 6.42 Å². The van der Waals surface area contributed by atoms with Gasteiger partial charge in [0.1, 0.15) is 5.82 Å². The molecule has 0 saturated heterocycles. The minimum absolute atomic E-state index is 0.00612. The third kappa shape index (κ3) is 4.58. The van der Waals surface area contributed by atoms with Crippen molar-refractivity contribution in [1.82, 2.24) is 10.6 Å². The zero-order valence-electron chi connectivity index (χ0n) is 9.37. The molecule has 5 nitrogen and oxygen atoms in total. The lowest BCUT2D eigenvalue weighted by atomic mass is 10.2. The molecule has 18 heavy (non-hydrogen) atoms. The molecule has 0 atom stereocenters. The van der Waals surface area contributed by atoms with Gasteiger partial charge in [-0.05, 0) is 12.1 Å². The molecule has 0 spiro atoms. The van der Waals surface area contributed by atoms with Crippen LogP contribution in [0.2, 0.25) is 5.02 Å². The molecule has 2 amide bonds. The van der Waals surface area contributed by atoms with Crippen molar-refractivity contribution in [3.8, 4) is 0 Å². The number of urea groups is 1. The van der Waals surface area contributed by atoms with E-state index in [-0.39, 0.29) is 30.1 Å². The lowest BCUT2D eigenvalue weighted by molar-refractivity contribution is -0.136. The maximum absolute atomic E-state index is 13.3. The van der Waals surface area contributed by atoms with Crippen molar-refractivity contribution >= 4 is 23.6 Å². The van der Waals surface area contributed by atoms with Gasteiger partial charge in [-0.3, -0.25) is 4.79 Å². The summed E-state index contributed by atoms with van der Waals surface area (Å²) in [6, 6.07) is 3.65. The first kappa shape index (κ1) is 14.2. The molecule has 0 saturated carbocycles. The van der Waals surface area contributed by atoms with Gasteiger partial charge in [0.2, 0.25) is 0 Å². The number of nitrogens with one attached hydrogen (secondary N) is 2. The van der Waals surface area contributed by atoms with Crippen LogP contribution in [0.5, 0.6) is 0 Å². The predicted octanol–water partition coefficient (Wildman–Crippen LogP) is 1.75. The van der Waals surface area contributed by atoms with E-state index < -0.39 is 17.8 Å². The Bertz CT molecular complexity index is 434. The summed E-state index contributed by atoms with van der Waals surface area (Å²) in [6.45, 7) is -0.0589. The van der Waals surface area contributed by atoms with Crippen LogP contribution < -0.4 is 10.6 Å². The van der Waals surface area contributed by atoms with E-state index in [0.717, 1.165) is 0 Å². The summed E-state index contributed by atoms with van der Waals surface area (Å²) < 4.78 is 13.3. The minimum atomic E-state index is -1.01. The van der Waals surface area contributed by atoms with Gasteiger partial charge in [0, 0.05) is 23.7 Å². The molecule has 0 bridgehead atoms. The summed E-state index contributed by atoms with van der Waals surface area (Å²) in [7, 11) is 0. The topological polar surface area (TPSA) is 78.4 Å². The van der Waals surface area contributed by atoms with E-state index in [9.17, 15) is 14.0 Å². The number of rotatable bonds is 5. The summed E-state index contributed by atoms with van der Waals surface area (Å²) in [4.78, 5) is 21.5. The van der Waals surface area contributed by atoms with Gasteiger partial charge in [-0.2, -0.15) is 0 Å². The van der Waals surface area contributed by atoms with Crippen molar-refractivity contribution < 1.29 is 19.1 Å². The molecule has 1 aromatic carbocycles. The fourth-order valence-corrected chi connectivity index (χ4v) is 1.45. The van der Waals surface area contributed by atoms with Crippen LogP contribution in [0.1, 0.15) is 12.0 Å². The Hall–Kier alpha value is -1.82. The fourth-order valence-electron chi connectivity index (χ4n) is 1.22. The number of halogens is 2. The van der Waals surface area contributed by atoms with Crippen LogP contribution in [0.25, 0.3) is 0 Å². The van der Waals surface area contributed by atoms with Crippen LogP contribution in [-0.4, -0.2) is 23.7 Å². The highest BCUT2D eigenvalue weighted by Crippen LogP contribution is 2.18. The summed E-state index contributed by atoms with van der Waals surface area (Å²) in [5.74, 6) is -1.51. The van der Waals surface area contributed by atoms with E-state index >= 15 is 0 Å². The molecule has 0 aliphatic rings. The van der Waals surface area contributed by atoms with Gasteiger partial charge >= 0.3 is 12.0 Å². The first-order valence-corrected chi connectivity index (χ1v) is 5.55. The van der Waals surface area contributed by atoms with Crippen molar-refractivity contribution in [2.24, 2.45) is 0 Å². The lowest BCUT2D eigenvalue weighted by Crippen LogP contribution is -2.36. The highest BCUT2D eigenvalue weighted by atomic mass is 35.5. The molecule has 0 aliphatic carbocycles. The maximum Gasteiger partial charge on any atom is 0.315 e. The Labute approximate surface area is 108 Å². The number of carbonyl (C=O) groups is 2. The second-order valence-electron chi connectivity index (χ2n) is 3.45. The molecule has 1 rings (SSSR count). The monoisotopic (exact) mass is 274 g/mol. The summed E-state index contributed by atoms with van der Waals surface area (Å²) >= 11 is 5.77. The molecule has 0 heterocycles. The second-order valence-corrected chi connectivity index (χ2v) is 3.86. The van der Waals surface area contributed by atoms with E-state index in [2.05, 4.69) is 10.6 Å². The zero-order chi connectivity index (χ0) is 13.5. The molecule has 0 radical (unpaired) electrons. The van der Waals surface area contributed by atoms with Gasteiger partial charge in [0.15, 0.2) is 0 Å². The van der Waals surface area contributed by atoms with E-state index in [0.29, 0.717) is 0 Å². The molecule has 3 N–H and O–H groups in total. The zero-order valence-corrected chi connectivity index (χ0v) is 10.1. The largest absolute Gasteiger partial charge is 0.481 e. The number of carbonyl (C=O) groups excluding carboxylic acids is 1. The molecule has 0 fully saturated rings. The number of aliphatic carboxylic acids is 1.